The monoisotopic (exact) mass is 289 g/mol. The summed E-state index contributed by atoms with van der Waals surface area (Å²) in [6.45, 7) is 0.559. The smallest absolute Gasteiger partial charge is 0.339 e. The molecule has 2 rings (SSSR count). The van der Waals surface area contributed by atoms with Gasteiger partial charge in [-0.1, -0.05) is 0 Å². The van der Waals surface area contributed by atoms with Gasteiger partial charge in [-0.3, -0.25) is 4.98 Å². The Morgan fingerprint density at radius 3 is 2.76 bits per heavy atom. The lowest BCUT2D eigenvalue weighted by atomic mass is 10.1. The number of benzene rings is 1. The minimum absolute atomic E-state index is 0.0569. The molecule has 0 amide bonds. The number of aliphatic hydroxyl groups is 1. The molecule has 112 valence electrons. The first kappa shape index (κ1) is 15.1. The van der Waals surface area contributed by atoms with Crippen molar-refractivity contribution >= 4 is 28.2 Å². The van der Waals surface area contributed by atoms with Gasteiger partial charge in [0, 0.05) is 44.5 Å². The van der Waals surface area contributed by atoms with Crippen LogP contribution >= 0.6 is 0 Å². The van der Waals surface area contributed by atoms with Crippen molar-refractivity contribution < 1.29 is 15.0 Å². The highest BCUT2D eigenvalue weighted by atomic mass is 16.4. The molecule has 1 aromatic carbocycles. The summed E-state index contributed by atoms with van der Waals surface area (Å²) in [7, 11) is 3.85. The molecule has 0 aliphatic carbocycles. The minimum atomic E-state index is -1.02. The molecule has 0 radical (unpaired) electrons. The summed E-state index contributed by atoms with van der Waals surface area (Å²) < 4.78 is 0. The lowest BCUT2D eigenvalue weighted by Gasteiger charge is -2.16. The predicted octanol–water partition coefficient (Wildman–Crippen LogP) is 1.79. The SMILES string of the molecule is CN(C)c1ccc2ncc(C(=O)O)c(NCCCO)c2c1. The van der Waals surface area contributed by atoms with Crippen molar-refractivity contribution in [2.24, 2.45) is 0 Å². The number of carbonyl (C=O) groups is 1. The van der Waals surface area contributed by atoms with Gasteiger partial charge in [-0.2, -0.15) is 0 Å². The lowest BCUT2D eigenvalue weighted by Crippen LogP contribution is -2.11. The van der Waals surface area contributed by atoms with Crippen LogP contribution in [0.5, 0.6) is 0 Å². The van der Waals surface area contributed by atoms with E-state index < -0.39 is 5.97 Å². The van der Waals surface area contributed by atoms with E-state index in [0.29, 0.717) is 18.7 Å². The van der Waals surface area contributed by atoms with E-state index in [1.54, 1.807) is 0 Å². The predicted molar refractivity (Wildman–Crippen MR) is 83.2 cm³/mol. The number of anilines is 2. The molecule has 1 aromatic heterocycles. The van der Waals surface area contributed by atoms with E-state index in [1.165, 1.54) is 6.20 Å². The zero-order chi connectivity index (χ0) is 15.4. The zero-order valence-corrected chi connectivity index (χ0v) is 12.1. The first-order valence-electron chi connectivity index (χ1n) is 6.72. The van der Waals surface area contributed by atoms with Crippen LogP contribution in [0.25, 0.3) is 10.9 Å². The average Bonchev–Trinajstić information content (AvgIpc) is 2.46. The van der Waals surface area contributed by atoms with E-state index in [4.69, 9.17) is 5.11 Å². The standard InChI is InChI=1S/C15H19N3O3/c1-18(2)10-4-5-13-11(8-10)14(16-6-3-7-19)12(9-17-13)15(20)21/h4-5,8-9,19H,3,6-7H2,1-2H3,(H,16,17)(H,20,21). The summed E-state index contributed by atoms with van der Waals surface area (Å²) >= 11 is 0. The van der Waals surface area contributed by atoms with Crippen molar-refractivity contribution in [3.63, 3.8) is 0 Å². The minimum Gasteiger partial charge on any atom is -0.478 e. The summed E-state index contributed by atoms with van der Waals surface area (Å²) in [5, 5.41) is 22.1. The van der Waals surface area contributed by atoms with Crippen LogP contribution in [-0.2, 0) is 0 Å². The normalized spacial score (nSPS) is 10.6. The lowest BCUT2D eigenvalue weighted by molar-refractivity contribution is 0.0697. The van der Waals surface area contributed by atoms with E-state index in [2.05, 4.69) is 10.3 Å². The molecule has 0 saturated carbocycles. The molecule has 0 aliphatic rings. The van der Waals surface area contributed by atoms with Gasteiger partial charge in [-0.05, 0) is 24.6 Å². The largest absolute Gasteiger partial charge is 0.478 e. The number of hydrogen-bond acceptors (Lipinski definition) is 5. The van der Waals surface area contributed by atoms with Crippen LogP contribution in [0.2, 0.25) is 0 Å². The van der Waals surface area contributed by atoms with E-state index in [1.807, 2.05) is 37.2 Å². The molecule has 2 aromatic rings. The fraction of sp³-hybridized carbons (Fsp3) is 0.333. The third kappa shape index (κ3) is 3.22. The Morgan fingerprint density at radius 2 is 2.14 bits per heavy atom. The molecule has 6 nitrogen and oxygen atoms in total. The number of aromatic nitrogens is 1. The molecule has 6 heteroatoms. The Balaban J connectivity index is 2.57. The molecule has 1 heterocycles. The average molecular weight is 289 g/mol. The van der Waals surface area contributed by atoms with Gasteiger partial charge in [0.2, 0.25) is 0 Å². The fourth-order valence-corrected chi connectivity index (χ4v) is 2.10. The summed E-state index contributed by atoms with van der Waals surface area (Å²) in [6, 6.07) is 5.72. The van der Waals surface area contributed by atoms with Crippen LogP contribution in [0.4, 0.5) is 11.4 Å². The number of aromatic carboxylic acids is 1. The van der Waals surface area contributed by atoms with Gasteiger partial charge >= 0.3 is 5.97 Å². The summed E-state index contributed by atoms with van der Waals surface area (Å²) in [5.74, 6) is -1.02. The van der Waals surface area contributed by atoms with Crippen molar-refractivity contribution in [3.05, 3.63) is 30.0 Å². The highest BCUT2D eigenvalue weighted by molar-refractivity contribution is 6.05. The Labute approximate surface area is 123 Å². The molecule has 0 fully saturated rings. The maximum Gasteiger partial charge on any atom is 0.339 e. The van der Waals surface area contributed by atoms with Crippen LogP contribution in [0.1, 0.15) is 16.8 Å². The number of nitrogens with zero attached hydrogens (tertiary/aromatic N) is 2. The van der Waals surface area contributed by atoms with Gasteiger partial charge < -0.3 is 20.4 Å². The summed E-state index contributed by atoms with van der Waals surface area (Å²) in [4.78, 5) is 17.5. The Kier molecular flexibility index (Phi) is 4.59. The Morgan fingerprint density at radius 1 is 1.38 bits per heavy atom. The zero-order valence-electron chi connectivity index (χ0n) is 12.1. The molecule has 0 atom stereocenters. The van der Waals surface area contributed by atoms with Gasteiger partial charge in [-0.15, -0.1) is 0 Å². The van der Waals surface area contributed by atoms with E-state index in [0.717, 1.165) is 16.6 Å². The van der Waals surface area contributed by atoms with Gasteiger partial charge in [0.05, 0.1) is 11.2 Å². The van der Waals surface area contributed by atoms with Crippen LogP contribution in [0.3, 0.4) is 0 Å². The van der Waals surface area contributed by atoms with Gasteiger partial charge in [0.1, 0.15) is 5.56 Å². The third-order valence-electron chi connectivity index (χ3n) is 3.24. The maximum absolute atomic E-state index is 11.4. The number of pyridine rings is 1. The number of aliphatic hydroxyl groups excluding tert-OH is 1. The molecule has 3 N–H and O–H groups in total. The summed E-state index contributed by atoms with van der Waals surface area (Å²) in [5.41, 5.74) is 2.38. The van der Waals surface area contributed by atoms with Gasteiger partial charge in [0.25, 0.3) is 0 Å². The molecule has 0 spiro atoms. The number of fused-ring (bicyclic) bond motifs is 1. The topological polar surface area (TPSA) is 85.7 Å². The number of carboxylic acids is 1. The van der Waals surface area contributed by atoms with E-state index >= 15 is 0 Å². The van der Waals surface area contributed by atoms with E-state index in [9.17, 15) is 9.90 Å². The van der Waals surface area contributed by atoms with Gasteiger partial charge in [0.15, 0.2) is 0 Å². The Hall–Kier alpha value is -2.34. The number of rotatable bonds is 6. The number of nitrogens with one attached hydrogen (secondary N) is 1. The first-order chi connectivity index (χ1) is 10.0. The second-order valence-electron chi connectivity index (χ2n) is 4.95. The van der Waals surface area contributed by atoms with Crippen molar-refractivity contribution in [2.75, 3.05) is 37.5 Å². The molecular formula is C15H19N3O3. The summed E-state index contributed by atoms with van der Waals surface area (Å²) in [6.07, 6.45) is 1.91. The molecule has 0 saturated heterocycles. The van der Waals surface area contributed by atoms with Crippen LogP contribution < -0.4 is 10.2 Å². The molecule has 0 bridgehead atoms. The fourth-order valence-electron chi connectivity index (χ4n) is 2.10. The maximum atomic E-state index is 11.4. The van der Waals surface area contributed by atoms with Crippen molar-refractivity contribution in [1.29, 1.82) is 0 Å². The van der Waals surface area contributed by atoms with Crippen molar-refractivity contribution in [2.45, 2.75) is 6.42 Å². The van der Waals surface area contributed by atoms with Crippen molar-refractivity contribution in [3.8, 4) is 0 Å². The van der Waals surface area contributed by atoms with Crippen LogP contribution in [0, 0.1) is 0 Å². The van der Waals surface area contributed by atoms with Crippen LogP contribution in [-0.4, -0.2) is 48.4 Å². The number of carboxylic acid groups (broad SMARTS) is 1. The molecule has 21 heavy (non-hydrogen) atoms. The quantitative estimate of drug-likeness (QED) is 0.703. The van der Waals surface area contributed by atoms with E-state index in [-0.39, 0.29) is 12.2 Å². The second-order valence-corrected chi connectivity index (χ2v) is 4.95. The first-order valence-corrected chi connectivity index (χ1v) is 6.72. The number of hydrogen-bond donors (Lipinski definition) is 3. The Bertz CT molecular complexity index is 656. The van der Waals surface area contributed by atoms with Crippen LogP contribution in [0.15, 0.2) is 24.4 Å². The highest BCUT2D eigenvalue weighted by Gasteiger charge is 2.15. The second kappa shape index (κ2) is 6.41. The van der Waals surface area contributed by atoms with Gasteiger partial charge in [-0.25, -0.2) is 4.79 Å². The molecule has 0 unspecified atom stereocenters. The highest BCUT2D eigenvalue weighted by Crippen LogP contribution is 2.29. The third-order valence-corrected chi connectivity index (χ3v) is 3.24. The molecular weight excluding hydrogens is 270 g/mol. The van der Waals surface area contributed by atoms with Crippen molar-refractivity contribution in [1.82, 2.24) is 4.98 Å². The molecule has 0 aliphatic heterocycles.